The highest BCUT2D eigenvalue weighted by atomic mass is 32.1. The summed E-state index contributed by atoms with van der Waals surface area (Å²) < 4.78 is 11.8. The Morgan fingerprint density at radius 3 is 2.56 bits per heavy atom. The van der Waals surface area contributed by atoms with E-state index in [4.69, 9.17) is 9.47 Å². The molecule has 3 aromatic heterocycles. The monoisotopic (exact) mass is 575 g/mol. The number of thiazole rings is 1. The van der Waals surface area contributed by atoms with E-state index in [0.717, 1.165) is 5.56 Å². The molecule has 0 radical (unpaired) electrons. The molecule has 3 heterocycles. The lowest BCUT2D eigenvalue weighted by molar-refractivity contribution is -0.144. The predicted octanol–water partition coefficient (Wildman–Crippen LogP) is 4.09. The van der Waals surface area contributed by atoms with Gasteiger partial charge in [-0.3, -0.25) is 19.1 Å². The number of nitrogens with zero attached hydrogens (tertiary/aromatic N) is 3. The molecule has 0 aliphatic heterocycles. The Kier molecular flexibility index (Phi) is 8.62. The number of methoxy groups -OCH3 is 1. The Labute approximate surface area is 240 Å². The number of hydrogen-bond acceptors (Lipinski definition) is 9. The van der Waals surface area contributed by atoms with Crippen LogP contribution in [0.15, 0.2) is 72.6 Å². The fourth-order valence-corrected chi connectivity index (χ4v) is 4.72. The van der Waals surface area contributed by atoms with E-state index in [1.54, 1.807) is 75.1 Å². The summed E-state index contributed by atoms with van der Waals surface area (Å²) in [5, 5.41) is 7.83. The van der Waals surface area contributed by atoms with Crippen LogP contribution in [-0.4, -0.2) is 57.2 Å². The number of esters is 1. The number of pyridine rings is 1. The average molecular weight is 576 g/mol. The molecule has 1 aromatic carbocycles. The Morgan fingerprint density at radius 1 is 1.12 bits per heavy atom. The van der Waals surface area contributed by atoms with Crippen molar-refractivity contribution in [1.82, 2.24) is 25.2 Å². The van der Waals surface area contributed by atoms with Crippen molar-refractivity contribution in [3.63, 3.8) is 0 Å². The third-order valence-electron chi connectivity index (χ3n) is 5.78. The molecule has 2 amide bonds. The third kappa shape index (κ3) is 7.03. The lowest BCUT2D eigenvalue weighted by Gasteiger charge is -2.19. The summed E-state index contributed by atoms with van der Waals surface area (Å²) in [4.78, 5) is 59.5. The summed E-state index contributed by atoms with van der Waals surface area (Å²) in [6.07, 6.45) is 4.25. The molecule has 0 unspecified atom stereocenters. The molecule has 2 N–H and O–H groups in total. The van der Waals surface area contributed by atoms with E-state index in [2.05, 4.69) is 27.2 Å². The number of benzene rings is 1. The minimum absolute atomic E-state index is 0.00346. The number of carbonyl (C=O) groups excluding carboxylic acids is 4. The van der Waals surface area contributed by atoms with E-state index in [1.807, 2.05) is 6.07 Å². The van der Waals surface area contributed by atoms with Crippen molar-refractivity contribution in [3.8, 4) is 10.6 Å². The Hall–Kier alpha value is -4.84. The Morgan fingerprint density at radius 2 is 1.88 bits per heavy atom. The maximum absolute atomic E-state index is 13.0. The average Bonchev–Trinajstić information content (AvgIpc) is 3.58. The largest absolute Gasteiger partial charge is 0.467 e. The molecular weight excluding hydrogens is 546 g/mol. The molecule has 4 rings (SSSR count). The van der Waals surface area contributed by atoms with Crippen LogP contribution >= 0.6 is 11.3 Å². The number of nitrogens with one attached hydrogen (secondary N) is 2. The molecule has 41 heavy (non-hydrogen) atoms. The summed E-state index contributed by atoms with van der Waals surface area (Å²) in [6, 6.07) is 9.57. The SMILES string of the molecule is C=C(NC(=O)c1csc(-c2cccnc2)n1)C(=O)N[C@@H](Cc1cn(C(=O)OC(C)(C)C)c2ccccc12)C(=O)OC. The number of fused-ring (bicyclic) bond motifs is 1. The zero-order valence-corrected chi connectivity index (χ0v) is 23.8. The van der Waals surface area contributed by atoms with Gasteiger partial charge in [-0.05, 0) is 44.5 Å². The fourth-order valence-electron chi connectivity index (χ4n) is 3.93. The van der Waals surface area contributed by atoms with E-state index in [1.165, 1.54) is 23.0 Å². The molecule has 0 fully saturated rings. The van der Waals surface area contributed by atoms with Crippen LogP contribution in [-0.2, 0) is 25.5 Å². The van der Waals surface area contributed by atoms with Crippen LogP contribution < -0.4 is 10.6 Å². The summed E-state index contributed by atoms with van der Waals surface area (Å²) in [5.74, 6) is -2.13. The molecule has 212 valence electrons. The highest BCUT2D eigenvalue weighted by molar-refractivity contribution is 7.13. The van der Waals surface area contributed by atoms with E-state index in [0.29, 0.717) is 21.5 Å². The Balaban J connectivity index is 1.48. The molecule has 0 bridgehead atoms. The zero-order valence-electron chi connectivity index (χ0n) is 23.0. The quantitative estimate of drug-likeness (QED) is 0.236. The van der Waals surface area contributed by atoms with Crippen molar-refractivity contribution in [3.05, 3.63) is 83.9 Å². The van der Waals surface area contributed by atoms with Crippen LogP contribution in [0.4, 0.5) is 4.79 Å². The van der Waals surface area contributed by atoms with Crippen molar-refractivity contribution in [2.75, 3.05) is 7.11 Å². The van der Waals surface area contributed by atoms with Gasteiger partial charge in [0.2, 0.25) is 0 Å². The summed E-state index contributed by atoms with van der Waals surface area (Å²) >= 11 is 1.25. The maximum Gasteiger partial charge on any atom is 0.419 e. The van der Waals surface area contributed by atoms with Crippen molar-refractivity contribution < 1.29 is 28.7 Å². The van der Waals surface area contributed by atoms with Crippen molar-refractivity contribution in [1.29, 1.82) is 0 Å². The van der Waals surface area contributed by atoms with E-state index in [-0.39, 0.29) is 17.8 Å². The van der Waals surface area contributed by atoms with Crippen molar-refractivity contribution in [2.24, 2.45) is 0 Å². The smallest absolute Gasteiger partial charge is 0.419 e. The summed E-state index contributed by atoms with van der Waals surface area (Å²) in [5.41, 5.74) is 1.04. The second-order valence-electron chi connectivity index (χ2n) is 9.99. The minimum Gasteiger partial charge on any atom is -0.467 e. The number of carbonyl (C=O) groups is 4. The first-order chi connectivity index (χ1) is 19.5. The Bertz CT molecular complexity index is 1620. The van der Waals surface area contributed by atoms with Gasteiger partial charge in [-0.1, -0.05) is 24.8 Å². The molecule has 12 heteroatoms. The third-order valence-corrected chi connectivity index (χ3v) is 6.67. The van der Waals surface area contributed by atoms with Gasteiger partial charge in [0.15, 0.2) is 0 Å². The van der Waals surface area contributed by atoms with Gasteiger partial charge >= 0.3 is 12.1 Å². The normalized spacial score (nSPS) is 11.9. The van der Waals surface area contributed by atoms with Crippen molar-refractivity contribution >= 4 is 46.1 Å². The van der Waals surface area contributed by atoms with Gasteiger partial charge in [-0.25, -0.2) is 14.6 Å². The molecule has 4 aromatic rings. The molecule has 0 saturated heterocycles. The van der Waals surface area contributed by atoms with Gasteiger partial charge in [-0.2, -0.15) is 0 Å². The summed E-state index contributed by atoms with van der Waals surface area (Å²) in [7, 11) is 1.20. The fraction of sp³-hybridized carbons (Fsp3) is 0.241. The molecule has 0 spiro atoms. The van der Waals surface area contributed by atoms with E-state index >= 15 is 0 Å². The van der Waals surface area contributed by atoms with Crippen LogP contribution in [0.5, 0.6) is 0 Å². The molecule has 11 nitrogen and oxygen atoms in total. The number of rotatable bonds is 8. The van der Waals surface area contributed by atoms with Crippen LogP contribution in [0.3, 0.4) is 0 Å². The highest BCUT2D eigenvalue weighted by Crippen LogP contribution is 2.25. The van der Waals surface area contributed by atoms with E-state index in [9.17, 15) is 19.2 Å². The predicted molar refractivity (Wildman–Crippen MR) is 153 cm³/mol. The highest BCUT2D eigenvalue weighted by Gasteiger charge is 2.27. The molecule has 1 atom stereocenters. The van der Waals surface area contributed by atoms with Gasteiger partial charge in [0.05, 0.1) is 18.3 Å². The molecular formula is C29H29N5O6S. The first-order valence-corrected chi connectivity index (χ1v) is 13.4. The standard InChI is InChI=1S/C29H29N5O6S/c1-17(31-25(36)22-16-41-26(33-22)18-9-8-12-30-14-18)24(35)32-21(27(37)39-5)13-19-15-34(28(38)40-29(2,3)4)23-11-7-6-10-20(19)23/h6-12,14-16,21H,1,13H2,2-5H3,(H,31,36)(H,32,35)/t21-/m0/s1. The van der Waals surface area contributed by atoms with Gasteiger partial charge < -0.3 is 20.1 Å². The van der Waals surface area contributed by atoms with Crippen LogP contribution in [0.25, 0.3) is 21.5 Å². The maximum atomic E-state index is 13.0. The molecule has 0 aliphatic carbocycles. The van der Waals surface area contributed by atoms with Crippen LogP contribution in [0.2, 0.25) is 0 Å². The summed E-state index contributed by atoms with van der Waals surface area (Å²) in [6.45, 7) is 8.94. The van der Waals surface area contributed by atoms with Gasteiger partial charge in [0, 0.05) is 41.3 Å². The minimum atomic E-state index is -1.14. The lowest BCUT2D eigenvalue weighted by atomic mass is 10.0. The van der Waals surface area contributed by atoms with Crippen molar-refractivity contribution in [2.45, 2.75) is 38.8 Å². The molecule has 0 saturated carbocycles. The van der Waals surface area contributed by atoms with Crippen LogP contribution in [0, 0.1) is 0 Å². The second kappa shape index (κ2) is 12.1. The van der Waals surface area contributed by atoms with Gasteiger partial charge in [0.25, 0.3) is 11.8 Å². The number of amides is 2. The lowest BCUT2D eigenvalue weighted by Crippen LogP contribution is -2.45. The number of para-hydroxylation sites is 1. The molecule has 0 aliphatic rings. The first kappa shape index (κ1) is 29.2. The first-order valence-electron chi connectivity index (χ1n) is 12.5. The second-order valence-corrected chi connectivity index (χ2v) is 10.8. The zero-order chi connectivity index (χ0) is 29.7. The van der Waals surface area contributed by atoms with Crippen LogP contribution in [0.1, 0.15) is 36.8 Å². The number of ether oxygens (including phenoxy) is 2. The van der Waals surface area contributed by atoms with Gasteiger partial charge in [-0.15, -0.1) is 11.3 Å². The van der Waals surface area contributed by atoms with Gasteiger partial charge in [0.1, 0.15) is 22.3 Å². The topological polar surface area (TPSA) is 142 Å². The number of aromatic nitrogens is 3. The van der Waals surface area contributed by atoms with E-state index < -0.39 is 35.5 Å². The number of hydrogen-bond donors (Lipinski definition) is 2.